The van der Waals surface area contributed by atoms with Crippen LogP contribution in [0, 0.1) is 0 Å². The van der Waals surface area contributed by atoms with Crippen LogP contribution in [-0.2, 0) is 6.42 Å². The minimum Gasteiger partial charge on any atom is -0.372 e. The minimum absolute atomic E-state index is 0.567. The van der Waals surface area contributed by atoms with E-state index in [1.807, 2.05) is 18.4 Å². The van der Waals surface area contributed by atoms with Crippen molar-refractivity contribution in [1.29, 1.82) is 0 Å². The number of nitrogens with one attached hydrogen (secondary N) is 1. The predicted molar refractivity (Wildman–Crippen MR) is 82.2 cm³/mol. The Bertz CT molecular complexity index is 570. The second-order valence-electron chi connectivity index (χ2n) is 5.30. The number of nitrogens with zero attached hydrogens (tertiary/aromatic N) is 2. The summed E-state index contributed by atoms with van der Waals surface area (Å²) in [5.74, 6) is 2.63. The van der Waals surface area contributed by atoms with Crippen LogP contribution in [0.1, 0.15) is 55.6 Å². The molecule has 0 unspecified atom stereocenters. The molecule has 0 spiro atoms. The monoisotopic (exact) mass is 275 g/mol. The molecule has 0 aromatic carbocycles. The fraction of sp³-hybridized carbons (Fsp3) is 0.600. The number of hydrogen-bond acceptors (Lipinski definition) is 4. The van der Waals surface area contributed by atoms with E-state index in [1.54, 1.807) is 0 Å². The summed E-state index contributed by atoms with van der Waals surface area (Å²) in [7, 11) is 1.95. The third-order valence-electron chi connectivity index (χ3n) is 4.02. The molecule has 102 valence electrons. The van der Waals surface area contributed by atoms with E-state index in [9.17, 15) is 0 Å². The molecule has 1 fully saturated rings. The molecule has 1 aliphatic rings. The lowest BCUT2D eigenvalue weighted by Gasteiger charge is -2.20. The van der Waals surface area contributed by atoms with Crippen LogP contribution < -0.4 is 5.32 Å². The summed E-state index contributed by atoms with van der Waals surface area (Å²) in [4.78, 5) is 12.2. The lowest BCUT2D eigenvalue weighted by Crippen LogP contribution is -2.10. The van der Waals surface area contributed by atoms with Gasteiger partial charge >= 0.3 is 0 Å². The Morgan fingerprint density at radius 3 is 2.74 bits per heavy atom. The minimum atomic E-state index is 0.567. The molecule has 19 heavy (non-hydrogen) atoms. The molecular formula is C15H21N3S. The second-order valence-corrected chi connectivity index (χ2v) is 6.42. The van der Waals surface area contributed by atoms with Crippen molar-refractivity contribution in [2.24, 2.45) is 0 Å². The van der Waals surface area contributed by atoms with Crippen molar-refractivity contribution in [3.05, 3.63) is 16.8 Å². The van der Waals surface area contributed by atoms with Crippen molar-refractivity contribution in [2.45, 2.75) is 51.4 Å². The normalized spacial score (nSPS) is 16.9. The van der Waals surface area contributed by atoms with Gasteiger partial charge in [-0.2, -0.15) is 0 Å². The molecule has 4 heteroatoms. The summed E-state index contributed by atoms with van der Waals surface area (Å²) in [6.07, 6.45) is 7.60. The number of fused-ring (bicyclic) bond motifs is 1. The van der Waals surface area contributed by atoms with E-state index < -0.39 is 0 Å². The molecule has 0 saturated heterocycles. The molecule has 0 atom stereocenters. The Kier molecular flexibility index (Phi) is 3.69. The van der Waals surface area contributed by atoms with Gasteiger partial charge in [-0.15, -0.1) is 11.3 Å². The van der Waals surface area contributed by atoms with Crippen LogP contribution in [0.5, 0.6) is 0 Å². The third kappa shape index (κ3) is 2.46. The predicted octanol–water partition coefficient (Wildman–Crippen LogP) is 4.34. The van der Waals surface area contributed by atoms with Gasteiger partial charge in [-0.3, -0.25) is 0 Å². The first-order valence-electron chi connectivity index (χ1n) is 7.30. The standard InChI is InChI=1S/C15H21N3S/c1-3-11-9-12-14(16-2)17-13(18-15(12)19-11)10-7-5-4-6-8-10/h9-10H,3-8H2,1-2H3,(H,16,17,18). The van der Waals surface area contributed by atoms with Gasteiger partial charge in [0.25, 0.3) is 0 Å². The van der Waals surface area contributed by atoms with Crippen molar-refractivity contribution < 1.29 is 0 Å². The van der Waals surface area contributed by atoms with Crippen LogP contribution in [0.4, 0.5) is 5.82 Å². The quantitative estimate of drug-likeness (QED) is 0.905. The summed E-state index contributed by atoms with van der Waals surface area (Å²) in [5, 5.41) is 4.43. The lowest BCUT2D eigenvalue weighted by molar-refractivity contribution is 0.430. The highest BCUT2D eigenvalue weighted by Gasteiger charge is 2.20. The molecule has 1 N–H and O–H groups in total. The Morgan fingerprint density at radius 1 is 1.26 bits per heavy atom. The molecular weight excluding hydrogens is 254 g/mol. The summed E-state index contributed by atoms with van der Waals surface area (Å²) in [6.45, 7) is 2.19. The van der Waals surface area contributed by atoms with Gasteiger partial charge in [0.15, 0.2) is 0 Å². The van der Waals surface area contributed by atoms with Crippen LogP contribution in [0.2, 0.25) is 0 Å². The molecule has 0 bridgehead atoms. The maximum absolute atomic E-state index is 4.84. The number of thiophene rings is 1. The maximum Gasteiger partial charge on any atom is 0.138 e. The van der Waals surface area contributed by atoms with Crippen molar-refractivity contribution >= 4 is 27.4 Å². The first-order chi connectivity index (χ1) is 9.31. The smallest absolute Gasteiger partial charge is 0.138 e. The first-order valence-corrected chi connectivity index (χ1v) is 8.11. The highest BCUT2D eigenvalue weighted by atomic mass is 32.1. The zero-order valence-corrected chi connectivity index (χ0v) is 12.5. The Hall–Kier alpha value is -1.16. The van der Waals surface area contributed by atoms with E-state index in [4.69, 9.17) is 9.97 Å². The summed E-state index contributed by atoms with van der Waals surface area (Å²) >= 11 is 1.81. The second kappa shape index (κ2) is 5.45. The van der Waals surface area contributed by atoms with Gasteiger partial charge in [-0.25, -0.2) is 9.97 Å². The number of aryl methyl sites for hydroxylation is 1. The average molecular weight is 275 g/mol. The largest absolute Gasteiger partial charge is 0.372 e. The van der Waals surface area contributed by atoms with Gasteiger partial charge in [-0.1, -0.05) is 26.2 Å². The van der Waals surface area contributed by atoms with E-state index in [2.05, 4.69) is 18.3 Å². The van der Waals surface area contributed by atoms with Crippen LogP contribution in [0.15, 0.2) is 6.07 Å². The SMILES string of the molecule is CCc1cc2c(NC)nc(C3CCCCC3)nc2s1. The van der Waals surface area contributed by atoms with Gasteiger partial charge in [0.2, 0.25) is 0 Å². The molecule has 3 nitrogen and oxygen atoms in total. The van der Waals surface area contributed by atoms with Gasteiger partial charge in [0.05, 0.1) is 5.39 Å². The average Bonchev–Trinajstić information content (AvgIpc) is 2.90. The Morgan fingerprint density at radius 2 is 2.05 bits per heavy atom. The van der Waals surface area contributed by atoms with E-state index in [0.717, 1.165) is 22.9 Å². The van der Waals surface area contributed by atoms with Crippen molar-refractivity contribution in [3.63, 3.8) is 0 Å². The van der Waals surface area contributed by atoms with E-state index in [0.29, 0.717) is 5.92 Å². The topological polar surface area (TPSA) is 37.8 Å². The molecule has 3 rings (SSSR count). The van der Waals surface area contributed by atoms with Crippen LogP contribution in [-0.4, -0.2) is 17.0 Å². The molecule has 0 aliphatic heterocycles. The third-order valence-corrected chi connectivity index (χ3v) is 5.19. The highest BCUT2D eigenvalue weighted by Crippen LogP contribution is 2.35. The summed E-state index contributed by atoms with van der Waals surface area (Å²) in [6, 6.07) is 2.23. The fourth-order valence-corrected chi connectivity index (χ4v) is 3.87. The van der Waals surface area contributed by atoms with E-state index in [1.165, 1.54) is 42.4 Å². The number of anilines is 1. The van der Waals surface area contributed by atoms with Crippen LogP contribution in [0.3, 0.4) is 0 Å². The number of hydrogen-bond donors (Lipinski definition) is 1. The van der Waals surface area contributed by atoms with Gasteiger partial charge in [0.1, 0.15) is 16.5 Å². The Labute approximate surface area is 118 Å². The van der Waals surface area contributed by atoms with Crippen molar-refractivity contribution in [2.75, 3.05) is 12.4 Å². The highest BCUT2D eigenvalue weighted by molar-refractivity contribution is 7.18. The van der Waals surface area contributed by atoms with Crippen molar-refractivity contribution in [1.82, 2.24) is 9.97 Å². The van der Waals surface area contributed by atoms with Gasteiger partial charge < -0.3 is 5.32 Å². The number of aromatic nitrogens is 2. The van der Waals surface area contributed by atoms with Crippen LogP contribution >= 0.6 is 11.3 Å². The molecule has 1 aliphatic carbocycles. The molecule has 0 radical (unpaired) electrons. The van der Waals surface area contributed by atoms with E-state index >= 15 is 0 Å². The molecule has 2 aromatic rings. The summed E-state index contributed by atoms with van der Waals surface area (Å²) in [5.41, 5.74) is 0. The first kappa shape index (κ1) is 12.9. The molecule has 0 amide bonds. The molecule has 2 aromatic heterocycles. The summed E-state index contributed by atoms with van der Waals surface area (Å²) < 4.78 is 0. The van der Waals surface area contributed by atoms with Crippen LogP contribution in [0.25, 0.3) is 10.2 Å². The molecule has 1 saturated carbocycles. The Balaban J connectivity index is 2.05. The maximum atomic E-state index is 4.84. The zero-order valence-electron chi connectivity index (χ0n) is 11.7. The lowest BCUT2D eigenvalue weighted by atomic mass is 9.89. The number of rotatable bonds is 3. The van der Waals surface area contributed by atoms with E-state index in [-0.39, 0.29) is 0 Å². The fourth-order valence-electron chi connectivity index (χ4n) is 2.90. The zero-order chi connectivity index (χ0) is 13.2. The van der Waals surface area contributed by atoms with Gasteiger partial charge in [-0.05, 0) is 25.3 Å². The molecule has 2 heterocycles. The van der Waals surface area contributed by atoms with Crippen molar-refractivity contribution in [3.8, 4) is 0 Å². The van der Waals surface area contributed by atoms with Gasteiger partial charge in [0, 0.05) is 17.8 Å².